The van der Waals surface area contributed by atoms with Crippen LogP contribution in [0.15, 0.2) is 34.3 Å². The molecule has 4 amide bonds. The van der Waals surface area contributed by atoms with Crippen molar-refractivity contribution in [1.82, 2.24) is 16.0 Å². The zero-order valence-corrected chi connectivity index (χ0v) is 25.6. The molecule has 41 heavy (non-hydrogen) atoms. The summed E-state index contributed by atoms with van der Waals surface area (Å²) >= 11 is 14.7. The summed E-state index contributed by atoms with van der Waals surface area (Å²) in [5.74, 6) is -0.785. The number of hydrogen-bond donors (Lipinski definition) is 4. The second-order valence-electron chi connectivity index (χ2n) is 9.34. The Morgan fingerprint density at radius 3 is 2.29 bits per heavy atom. The number of carbonyl (C=O) groups is 4. The fourth-order valence-electron chi connectivity index (χ4n) is 3.85. The lowest BCUT2D eigenvalue weighted by atomic mass is 9.90. The number of carbonyl (C=O) groups excluding carboxylic acids is 4. The zero-order valence-electron chi connectivity index (χ0n) is 22.5. The third-order valence-electron chi connectivity index (χ3n) is 5.68. The highest BCUT2D eigenvalue weighted by Gasteiger charge is 2.42. The average Bonchev–Trinajstić information content (AvgIpc) is 2.92. The van der Waals surface area contributed by atoms with Gasteiger partial charge in [0.15, 0.2) is 12.2 Å². The van der Waals surface area contributed by atoms with Crippen molar-refractivity contribution < 1.29 is 33.4 Å². The van der Waals surface area contributed by atoms with Gasteiger partial charge >= 0.3 is 12.2 Å². The van der Waals surface area contributed by atoms with E-state index in [2.05, 4.69) is 31.9 Å². The number of nitriles is 1. The number of hydrogen-bond acceptors (Lipinski definition) is 8. The maximum absolute atomic E-state index is 13.3. The van der Waals surface area contributed by atoms with Crippen LogP contribution in [0.1, 0.15) is 32.3 Å². The van der Waals surface area contributed by atoms with Gasteiger partial charge in [0, 0.05) is 36.8 Å². The molecule has 4 atom stereocenters. The van der Waals surface area contributed by atoms with Gasteiger partial charge in [-0.05, 0) is 52.5 Å². The molecule has 12 nitrogen and oxygen atoms in total. The first-order valence-electron chi connectivity index (χ1n) is 12.7. The first-order chi connectivity index (χ1) is 19.5. The van der Waals surface area contributed by atoms with Crippen LogP contribution in [-0.2, 0) is 19.1 Å². The standard InChI is InChI=1S/C26H32BrCl2N5O7/c1-14(2)9-18(23(31)35)34-24(36)16-11-20(39-19-4-3-15(13-30)10-17(19)27)22(41-26(38)33-8-6-29)21(12-16)40-25(37)32-7-5-28/h3-4,10-11,14,18,20-22H,5-9,12H2,1-2H3,(H2,31,35)(H,32,37)(H,33,38)(H,34,36). The molecular formula is C26H32BrCl2N5O7. The van der Waals surface area contributed by atoms with E-state index in [4.69, 9.17) is 43.1 Å². The third kappa shape index (κ3) is 10.9. The molecule has 1 aromatic rings. The monoisotopic (exact) mass is 675 g/mol. The highest BCUT2D eigenvalue weighted by molar-refractivity contribution is 9.10. The number of halogens is 3. The first-order valence-corrected chi connectivity index (χ1v) is 14.5. The maximum Gasteiger partial charge on any atom is 0.407 e. The zero-order chi connectivity index (χ0) is 30.5. The highest BCUT2D eigenvalue weighted by Crippen LogP contribution is 2.32. The Hall–Kier alpha value is -3.21. The summed E-state index contributed by atoms with van der Waals surface area (Å²) in [4.78, 5) is 50.4. The van der Waals surface area contributed by atoms with Crippen LogP contribution in [0.5, 0.6) is 5.75 Å². The van der Waals surface area contributed by atoms with Gasteiger partial charge in [0.25, 0.3) is 0 Å². The number of alkyl halides is 2. The molecule has 0 aliphatic heterocycles. The number of alkyl carbamates (subject to hydrolysis) is 2. The van der Waals surface area contributed by atoms with Gasteiger partial charge in [0.2, 0.25) is 11.8 Å². The van der Waals surface area contributed by atoms with Gasteiger partial charge in [-0.2, -0.15) is 5.26 Å². The summed E-state index contributed by atoms with van der Waals surface area (Å²) in [5.41, 5.74) is 5.96. The van der Waals surface area contributed by atoms with Crippen LogP contribution in [0, 0.1) is 17.2 Å². The van der Waals surface area contributed by atoms with Crippen molar-refractivity contribution in [2.24, 2.45) is 11.7 Å². The molecule has 0 radical (unpaired) electrons. The van der Waals surface area contributed by atoms with Crippen molar-refractivity contribution in [3.8, 4) is 11.8 Å². The SMILES string of the molecule is CC(C)CC(NC(=O)C1=CC(Oc2ccc(C#N)cc2Br)C(OC(=O)NCCCl)C(OC(=O)NCCCl)C1)C(N)=O. The van der Waals surface area contributed by atoms with Gasteiger partial charge in [0.05, 0.1) is 16.1 Å². The number of amides is 4. The number of benzene rings is 1. The second-order valence-corrected chi connectivity index (χ2v) is 10.9. The van der Waals surface area contributed by atoms with Gasteiger partial charge < -0.3 is 35.9 Å². The molecule has 4 unspecified atom stereocenters. The smallest absolute Gasteiger partial charge is 0.407 e. The van der Waals surface area contributed by atoms with Crippen LogP contribution in [0.3, 0.4) is 0 Å². The molecule has 0 aromatic heterocycles. The molecule has 0 heterocycles. The van der Waals surface area contributed by atoms with Crippen LogP contribution >= 0.6 is 39.1 Å². The number of primary amides is 1. The van der Waals surface area contributed by atoms with Crippen LogP contribution < -0.4 is 26.4 Å². The van der Waals surface area contributed by atoms with Gasteiger partial charge in [-0.25, -0.2) is 9.59 Å². The molecule has 5 N–H and O–H groups in total. The summed E-state index contributed by atoms with van der Waals surface area (Å²) in [5, 5.41) is 16.8. The predicted molar refractivity (Wildman–Crippen MR) is 155 cm³/mol. The highest BCUT2D eigenvalue weighted by atomic mass is 79.9. The number of rotatable bonds is 13. The minimum atomic E-state index is -1.23. The number of nitrogens with zero attached hydrogens (tertiary/aromatic N) is 1. The summed E-state index contributed by atoms with van der Waals surface area (Å²) in [6.45, 7) is 3.96. The van der Waals surface area contributed by atoms with Gasteiger partial charge in [0.1, 0.15) is 17.9 Å². The van der Waals surface area contributed by atoms with Crippen molar-refractivity contribution in [2.75, 3.05) is 24.8 Å². The first kappa shape index (κ1) is 34.0. The van der Waals surface area contributed by atoms with Crippen molar-refractivity contribution in [1.29, 1.82) is 5.26 Å². The van der Waals surface area contributed by atoms with Crippen LogP contribution in [0.4, 0.5) is 9.59 Å². The average molecular weight is 677 g/mol. The Kier molecular flexibility index (Phi) is 14.0. The Labute approximate surface area is 256 Å². The molecular weight excluding hydrogens is 645 g/mol. The number of ether oxygens (including phenoxy) is 3. The summed E-state index contributed by atoms with van der Waals surface area (Å²) in [6.07, 6.45) is -3.76. The Bertz CT molecular complexity index is 1180. The normalized spacial score (nSPS) is 18.8. The van der Waals surface area contributed by atoms with Crippen LogP contribution in [-0.4, -0.2) is 73.2 Å². The third-order valence-corrected chi connectivity index (χ3v) is 6.68. The molecule has 2 rings (SSSR count). The number of nitrogens with two attached hydrogens (primary N) is 1. The largest absolute Gasteiger partial charge is 0.481 e. The Morgan fingerprint density at radius 1 is 1.12 bits per heavy atom. The molecule has 15 heteroatoms. The van der Waals surface area contributed by atoms with Gasteiger partial charge in [-0.1, -0.05) is 13.8 Å². The minimum absolute atomic E-state index is 0.0592. The summed E-state index contributed by atoms with van der Waals surface area (Å²) < 4.78 is 17.7. The molecule has 0 bridgehead atoms. The molecule has 0 spiro atoms. The van der Waals surface area contributed by atoms with Crippen LogP contribution in [0.25, 0.3) is 0 Å². The quantitative estimate of drug-likeness (QED) is 0.230. The molecule has 1 aromatic carbocycles. The maximum atomic E-state index is 13.3. The Morgan fingerprint density at radius 2 is 1.76 bits per heavy atom. The van der Waals surface area contributed by atoms with Crippen LogP contribution in [0.2, 0.25) is 0 Å². The van der Waals surface area contributed by atoms with E-state index in [0.29, 0.717) is 16.5 Å². The predicted octanol–water partition coefficient (Wildman–Crippen LogP) is 3.08. The lowest BCUT2D eigenvalue weighted by molar-refractivity contribution is -0.126. The lowest BCUT2D eigenvalue weighted by Crippen LogP contribution is -2.52. The van der Waals surface area contributed by atoms with E-state index < -0.39 is 48.4 Å². The molecule has 1 aliphatic rings. The fourth-order valence-corrected chi connectivity index (χ4v) is 4.51. The van der Waals surface area contributed by atoms with Gasteiger partial charge in [-0.3, -0.25) is 9.59 Å². The lowest BCUT2D eigenvalue weighted by Gasteiger charge is -2.36. The Balaban J connectivity index is 2.50. The van der Waals surface area contributed by atoms with Crippen molar-refractivity contribution in [2.45, 2.75) is 51.0 Å². The summed E-state index contributed by atoms with van der Waals surface area (Å²) in [7, 11) is 0. The topological polar surface area (TPSA) is 182 Å². The van der Waals surface area contributed by atoms with E-state index in [1.165, 1.54) is 24.3 Å². The van der Waals surface area contributed by atoms with E-state index in [1.807, 2.05) is 19.9 Å². The van der Waals surface area contributed by atoms with E-state index in [0.717, 1.165) is 0 Å². The molecule has 1 aliphatic carbocycles. The van der Waals surface area contributed by atoms with E-state index in [1.54, 1.807) is 0 Å². The molecule has 224 valence electrons. The van der Waals surface area contributed by atoms with E-state index in [9.17, 15) is 24.4 Å². The van der Waals surface area contributed by atoms with Crippen molar-refractivity contribution in [3.05, 3.63) is 39.9 Å². The molecule has 0 saturated heterocycles. The number of nitrogens with one attached hydrogen (secondary N) is 3. The van der Waals surface area contributed by atoms with Gasteiger partial charge in [-0.15, -0.1) is 23.2 Å². The van der Waals surface area contributed by atoms with Crippen molar-refractivity contribution >= 4 is 63.1 Å². The minimum Gasteiger partial charge on any atom is -0.481 e. The fraction of sp³-hybridized carbons (Fsp3) is 0.500. The summed E-state index contributed by atoms with van der Waals surface area (Å²) in [6, 6.07) is 5.62. The van der Waals surface area contributed by atoms with Crippen molar-refractivity contribution in [3.63, 3.8) is 0 Å². The van der Waals surface area contributed by atoms with E-state index >= 15 is 0 Å². The van der Waals surface area contributed by atoms with E-state index in [-0.39, 0.29) is 48.5 Å². The second kappa shape index (κ2) is 16.9. The molecule has 0 fully saturated rings. The molecule has 0 saturated carbocycles.